The van der Waals surface area contributed by atoms with Crippen LogP contribution in [0.5, 0.6) is 0 Å². The first-order chi connectivity index (χ1) is 7.66. The van der Waals surface area contributed by atoms with E-state index in [0.717, 1.165) is 18.7 Å². The van der Waals surface area contributed by atoms with Crippen molar-refractivity contribution in [2.75, 3.05) is 18.5 Å². The summed E-state index contributed by atoms with van der Waals surface area (Å²) in [4.78, 5) is 6.25. The number of nitrogens with one attached hydrogen (secondary N) is 1. The molecule has 0 atom stereocenters. The molecule has 16 heavy (non-hydrogen) atoms. The highest BCUT2D eigenvalue weighted by Gasteiger charge is 2.09. The third-order valence-corrected chi connectivity index (χ3v) is 2.55. The molecule has 0 aromatic carbocycles. The Bertz CT molecular complexity index is 349. The summed E-state index contributed by atoms with van der Waals surface area (Å²) in [5, 5.41) is 7.47. The van der Waals surface area contributed by atoms with Crippen molar-refractivity contribution < 1.29 is 0 Å². The van der Waals surface area contributed by atoms with Crippen LogP contribution in [0.2, 0.25) is 0 Å². The van der Waals surface area contributed by atoms with E-state index >= 15 is 0 Å². The van der Waals surface area contributed by atoms with Gasteiger partial charge < -0.3 is 10.6 Å². The Kier molecular flexibility index (Phi) is 4.76. The van der Waals surface area contributed by atoms with Crippen molar-refractivity contribution in [2.45, 2.75) is 26.2 Å². The fourth-order valence-corrected chi connectivity index (χ4v) is 1.63. The lowest BCUT2D eigenvalue weighted by molar-refractivity contribution is 0.704. The van der Waals surface area contributed by atoms with Crippen molar-refractivity contribution in [1.82, 2.24) is 4.98 Å². The standard InChI is InChI=1S/C12H20N4/c1-3-4-5-9-16(2)10-7-6-8-15-11(10)12(13)14/h6-8H,3-5,9H2,1-2H3,(H3,13,14). The van der Waals surface area contributed by atoms with Crippen LogP contribution in [0.15, 0.2) is 18.3 Å². The molecule has 88 valence electrons. The second-order valence-electron chi connectivity index (χ2n) is 3.91. The first-order valence-corrected chi connectivity index (χ1v) is 5.67. The molecule has 0 fully saturated rings. The van der Waals surface area contributed by atoms with Crippen molar-refractivity contribution in [1.29, 1.82) is 5.41 Å². The molecule has 0 spiro atoms. The fraction of sp³-hybridized carbons (Fsp3) is 0.500. The maximum atomic E-state index is 7.47. The molecule has 0 saturated heterocycles. The number of pyridine rings is 1. The van der Waals surface area contributed by atoms with Gasteiger partial charge in [-0.25, -0.2) is 0 Å². The summed E-state index contributed by atoms with van der Waals surface area (Å²) in [6.45, 7) is 3.16. The minimum atomic E-state index is 0.0259. The Morgan fingerprint density at radius 2 is 2.25 bits per heavy atom. The van der Waals surface area contributed by atoms with Gasteiger partial charge in [-0.1, -0.05) is 19.8 Å². The summed E-state index contributed by atoms with van der Waals surface area (Å²) in [6.07, 6.45) is 5.25. The van der Waals surface area contributed by atoms with Crippen molar-refractivity contribution in [3.8, 4) is 0 Å². The maximum absolute atomic E-state index is 7.47. The molecule has 1 aromatic heterocycles. The number of nitrogens with zero attached hydrogens (tertiary/aromatic N) is 2. The third kappa shape index (κ3) is 3.22. The number of hydrogen-bond donors (Lipinski definition) is 2. The molecular formula is C12H20N4. The lowest BCUT2D eigenvalue weighted by Crippen LogP contribution is -2.24. The monoisotopic (exact) mass is 220 g/mol. The van der Waals surface area contributed by atoms with E-state index in [4.69, 9.17) is 11.1 Å². The van der Waals surface area contributed by atoms with Crippen molar-refractivity contribution in [2.24, 2.45) is 5.73 Å². The number of nitrogen functional groups attached to an aromatic ring is 1. The zero-order valence-electron chi connectivity index (χ0n) is 10.0. The van der Waals surface area contributed by atoms with E-state index in [0.29, 0.717) is 5.69 Å². The molecule has 0 amide bonds. The highest BCUT2D eigenvalue weighted by molar-refractivity contribution is 5.98. The fourth-order valence-electron chi connectivity index (χ4n) is 1.63. The summed E-state index contributed by atoms with van der Waals surface area (Å²) in [7, 11) is 2.01. The number of hydrogen-bond acceptors (Lipinski definition) is 3. The summed E-state index contributed by atoms with van der Waals surface area (Å²) < 4.78 is 0. The van der Waals surface area contributed by atoms with Gasteiger partial charge >= 0.3 is 0 Å². The SMILES string of the molecule is CCCCCN(C)c1cccnc1C(=N)N. The number of anilines is 1. The van der Waals surface area contributed by atoms with Crippen LogP contribution in [0.4, 0.5) is 5.69 Å². The molecule has 0 unspecified atom stereocenters. The van der Waals surface area contributed by atoms with Gasteiger partial charge in [-0.3, -0.25) is 10.4 Å². The van der Waals surface area contributed by atoms with E-state index in [9.17, 15) is 0 Å². The number of amidine groups is 1. The highest BCUT2D eigenvalue weighted by atomic mass is 15.1. The van der Waals surface area contributed by atoms with Gasteiger partial charge in [-0.2, -0.15) is 0 Å². The summed E-state index contributed by atoms with van der Waals surface area (Å²) in [5.74, 6) is 0.0259. The predicted molar refractivity (Wildman–Crippen MR) is 68.0 cm³/mol. The Labute approximate surface area is 97.0 Å². The Morgan fingerprint density at radius 1 is 1.50 bits per heavy atom. The Balaban J connectivity index is 2.74. The van der Waals surface area contributed by atoms with Crippen LogP contribution >= 0.6 is 0 Å². The van der Waals surface area contributed by atoms with E-state index in [2.05, 4.69) is 16.8 Å². The van der Waals surface area contributed by atoms with Crippen molar-refractivity contribution in [3.63, 3.8) is 0 Å². The van der Waals surface area contributed by atoms with Gasteiger partial charge in [0.2, 0.25) is 0 Å². The van der Waals surface area contributed by atoms with Gasteiger partial charge in [0, 0.05) is 19.8 Å². The van der Waals surface area contributed by atoms with Crippen LogP contribution in [-0.2, 0) is 0 Å². The zero-order chi connectivity index (χ0) is 12.0. The molecule has 1 aromatic rings. The van der Waals surface area contributed by atoms with E-state index in [-0.39, 0.29) is 5.84 Å². The van der Waals surface area contributed by atoms with Crippen LogP contribution in [0, 0.1) is 5.41 Å². The first kappa shape index (κ1) is 12.5. The number of unbranched alkanes of at least 4 members (excludes halogenated alkanes) is 2. The Morgan fingerprint density at radius 3 is 2.88 bits per heavy atom. The van der Waals surface area contributed by atoms with Gasteiger partial charge in [0.1, 0.15) is 11.5 Å². The minimum absolute atomic E-state index is 0.0259. The summed E-state index contributed by atoms with van der Waals surface area (Å²) >= 11 is 0. The van der Waals surface area contributed by atoms with E-state index in [1.165, 1.54) is 12.8 Å². The Hall–Kier alpha value is -1.58. The average molecular weight is 220 g/mol. The van der Waals surface area contributed by atoms with Gasteiger partial charge in [-0.05, 0) is 18.6 Å². The van der Waals surface area contributed by atoms with Crippen LogP contribution in [-0.4, -0.2) is 24.4 Å². The normalized spacial score (nSPS) is 10.1. The van der Waals surface area contributed by atoms with Crippen molar-refractivity contribution in [3.05, 3.63) is 24.0 Å². The van der Waals surface area contributed by atoms with E-state index in [1.807, 2.05) is 19.2 Å². The van der Waals surface area contributed by atoms with Gasteiger partial charge in [0.15, 0.2) is 0 Å². The van der Waals surface area contributed by atoms with Gasteiger partial charge in [0.25, 0.3) is 0 Å². The predicted octanol–water partition coefficient (Wildman–Crippen LogP) is 1.99. The van der Waals surface area contributed by atoms with Crippen LogP contribution in [0.3, 0.4) is 0 Å². The van der Waals surface area contributed by atoms with Gasteiger partial charge in [0.05, 0.1) is 5.69 Å². The van der Waals surface area contributed by atoms with Crippen LogP contribution < -0.4 is 10.6 Å². The molecule has 3 N–H and O–H groups in total. The largest absolute Gasteiger partial charge is 0.382 e. The molecular weight excluding hydrogens is 200 g/mol. The lowest BCUT2D eigenvalue weighted by Gasteiger charge is -2.21. The quantitative estimate of drug-likeness (QED) is 0.438. The van der Waals surface area contributed by atoms with Crippen molar-refractivity contribution >= 4 is 11.5 Å². The molecule has 0 bridgehead atoms. The number of rotatable bonds is 6. The van der Waals surface area contributed by atoms with E-state index < -0.39 is 0 Å². The third-order valence-electron chi connectivity index (χ3n) is 2.55. The number of aromatic nitrogens is 1. The molecule has 0 aliphatic carbocycles. The molecule has 4 nitrogen and oxygen atoms in total. The maximum Gasteiger partial charge on any atom is 0.143 e. The average Bonchev–Trinajstić information content (AvgIpc) is 2.29. The van der Waals surface area contributed by atoms with E-state index in [1.54, 1.807) is 6.20 Å². The number of nitrogens with two attached hydrogens (primary N) is 1. The summed E-state index contributed by atoms with van der Waals surface area (Å²) in [5.41, 5.74) is 7.01. The summed E-state index contributed by atoms with van der Waals surface area (Å²) in [6, 6.07) is 3.83. The molecule has 0 saturated carbocycles. The molecule has 0 radical (unpaired) electrons. The highest BCUT2D eigenvalue weighted by Crippen LogP contribution is 2.16. The van der Waals surface area contributed by atoms with Crippen LogP contribution in [0.1, 0.15) is 31.9 Å². The topological polar surface area (TPSA) is 66.0 Å². The smallest absolute Gasteiger partial charge is 0.143 e. The van der Waals surface area contributed by atoms with Crippen LogP contribution in [0.25, 0.3) is 0 Å². The molecule has 0 aliphatic heterocycles. The molecule has 4 heteroatoms. The second-order valence-corrected chi connectivity index (χ2v) is 3.91. The second kappa shape index (κ2) is 6.10. The molecule has 1 rings (SSSR count). The first-order valence-electron chi connectivity index (χ1n) is 5.67. The van der Waals surface area contributed by atoms with Gasteiger partial charge in [-0.15, -0.1) is 0 Å². The molecule has 0 aliphatic rings. The lowest BCUT2D eigenvalue weighted by atomic mass is 10.2. The zero-order valence-corrected chi connectivity index (χ0v) is 10.0. The minimum Gasteiger partial charge on any atom is -0.382 e. The molecule has 1 heterocycles.